The molecule has 0 spiro atoms. The molecule has 0 unspecified atom stereocenters. The van der Waals surface area contributed by atoms with Crippen LogP contribution >= 0.6 is 11.6 Å². The third kappa shape index (κ3) is 6.22. The molecule has 0 saturated heterocycles. The van der Waals surface area contributed by atoms with Gasteiger partial charge in [0.15, 0.2) is 0 Å². The Balaban J connectivity index is 1.94. The van der Waals surface area contributed by atoms with Crippen molar-refractivity contribution in [1.29, 1.82) is 0 Å². The predicted octanol–water partition coefficient (Wildman–Crippen LogP) is 5.49. The molecule has 3 rings (SSSR count). The summed E-state index contributed by atoms with van der Waals surface area (Å²) in [7, 11) is -4.48. The van der Waals surface area contributed by atoms with E-state index in [1.54, 1.807) is 54.6 Å². The number of nitrogens with one attached hydrogen (secondary N) is 3. The maximum atomic E-state index is 12.5. The summed E-state index contributed by atoms with van der Waals surface area (Å²) in [5.41, 5.74) is 1.53. The van der Waals surface area contributed by atoms with E-state index in [2.05, 4.69) is 10.6 Å². The molecular formula is C21H17ClF3N3O3S. The van der Waals surface area contributed by atoms with E-state index < -0.39 is 33.7 Å². The summed E-state index contributed by atoms with van der Waals surface area (Å²) in [4.78, 5) is 12.1. The van der Waals surface area contributed by atoms with Crippen molar-refractivity contribution in [3.8, 4) is 11.1 Å². The van der Waals surface area contributed by atoms with Gasteiger partial charge in [0.2, 0.25) is 10.0 Å². The number of para-hydroxylation sites is 1. The van der Waals surface area contributed by atoms with Gasteiger partial charge in [-0.1, -0.05) is 60.1 Å². The third-order valence-corrected chi connectivity index (χ3v) is 5.95. The fraction of sp³-hybridized carbons (Fsp3) is 0.0952. The number of carbonyl (C=O) groups is 1. The number of anilines is 2. The first kappa shape index (κ1) is 23.6. The van der Waals surface area contributed by atoms with Crippen molar-refractivity contribution in [1.82, 2.24) is 4.72 Å². The Morgan fingerprint density at radius 1 is 0.875 bits per heavy atom. The highest BCUT2D eigenvalue weighted by molar-refractivity contribution is 7.89. The number of alkyl halides is 3. The molecule has 3 aromatic rings. The van der Waals surface area contributed by atoms with Crippen LogP contribution in [0.1, 0.15) is 0 Å². The lowest BCUT2D eigenvalue weighted by Crippen LogP contribution is -2.33. The van der Waals surface area contributed by atoms with Crippen LogP contribution in [0.4, 0.5) is 29.3 Å². The van der Waals surface area contributed by atoms with Gasteiger partial charge in [0.25, 0.3) is 0 Å². The van der Waals surface area contributed by atoms with Crippen LogP contribution < -0.4 is 15.4 Å². The number of hydrogen-bond donors (Lipinski definition) is 3. The van der Waals surface area contributed by atoms with Crippen molar-refractivity contribution in [3.05, 3.63) is 77.8 Å². The zero-order valence-corrected chi connectivity index (χ0v) is 17.9. The fourth-order valence-corrected chi connectivity index (χ4v) is 3.99. The predicted molar refractivity (Wildman–Crippen MR) is 117 cm³/mol. The Hall–Kier alpha value is -3.08. The van der Waals surface area contributed by atoms with E-state index in [-0.39, 0.29) is 5.69 Å². The lowest BCUT2D eigenvalue weighted by atomic mass is 10.0. The lowest BCUT2D eigenvalue weighted by Gasteiger charge is -2.15. The van der Waals surface area contributed by atoms with Crippen LogP contribution in [0.2, 0.25) is 5.02 Å². The average molecular weight is 484 g/mol. The molecule has 2 amide bonds. The van der Waals surface area contributed by atoms with Gasteiger partial charge in [-0.15, -0.1) is 0 Å². The molecule has 0 radical (unpaired) electrons. The minimum absolute atomic E-state index is 0.0793. The van der Waals surface area contributed by atoms with E-state index in [9.17, 15) is 26.4 Å². The SMILES string of the molecule is O=C(Nc1ccccc1Cl)Nc1cc(S(=O)(=O)NCC(F)(F)F)ccc1-c1ccccc1. The van der Waals surface area contributed by atoms with E-state index >= 15 is 0 Å². The van der Waals surface area contributed by atoms with Gasteiger partial charge in [-0.3, -0.25) is 0 Å². The van der Waals surface area contributed by atoms with Crippen LogP contribution in [0, 0.1) is 0 Å². The van der Waals surface area contributed by atoms with Crippen molar-refractivity contribution in [2.45, 2.75) is 11.1 Å². The molecule has 6 nitrogen and oxygen atoms in total. The van der Waals surface area contributed by atoms with Crippen molar-refractivity contribution in [2.24, 2.45) is 0 Å². The van der Waals surface area contributed by atoms with Crippen LogP contribution in [0.3, 0.4) is 0 Å². The van der Waals surface area contributed by atoms with Crippen molar-refractivity contribution in [3.63, 3.8) is 0 Å². The van der Waals surface area contributed by atoms with E-state index in [0.29, 0.717) is 21.8 Å². The maximum absolute atomic E-state index is 12.5. The first-order chi connectivity index (χ1) is 15.0. The molecular weight excluding hydrogens is 467 g/mol. The number of hydrogen-bond acceptors (Lipinski definition) is 3. The Morgan fingerprint density at radius 2 is 1.50 bits per heavy atom. The zero-order chi connectivity index (χ0) is 23.4. The Morgan fingerprint density at radius 3 is 2.16 bits per heavy atom. The minimum atomic E-state index is -4.72. The third-order valence-electron chi connectivity index (χ3n) is 4.22. The van der Waals surface area contributed by atoms with E-state index in [0.717, 1.165) is 12.1 Å². The van der Waals surface area contributed by atoms with Crippen molar-refractivity contribution >= 4 is 39.0 Å². The standard InChI is InChI=1S/C21H17ClF3N3O3S/c22-17-8-4-5-9-18(17)27-20(29)28-19-12-15(32(30,31)26-13-21(23,24)25)10-11-16(19)14-6-2-1-3-7-14/h1-12,26H,13H2,(H2,27,28,29). The summed E-state index contributed by atoms with van der Waals surface area (Å²) < 4.78 is 63.6. The molecule has 0 heterocycles. The Bertz CT molecular complexity index is 1220. The van der Waals surface area contributed by atoms with E-state index in [4.69, 9.17) is 11.6 Å². The van der Waals surface area contributed by atoms with Gasteiger partial charge >= 0.3 is 12.2 Å². The summed E-state index contributed by atoms with van der Waals surface area (Å²) in [6.07, 6.45) is -4.72. The molecule has 0 aromatic heterocycles. The smallest absolute Gasteiger partial charge is 0.307 e. The van der Waals surface area contributed by atoms with Gasteiger partial charge in [0, 0.05) is 5.56 Å². The second kappa shape index (κ2) is 9.60. The number of halogens is 4. The molecule has 0 bridgehead atoms. The molecule has 0 fully saturated rings. The Labute approximate surface area is 187 Å². The van der Waals surface area contributed by atoms with Crippen molar-refractivity contribution < 1.29 is 26.4 Å². The zero-order valence-electron chi connectivity index (χ0n) is 16.3. The molecule has 3 aromatic carbocycles. The monoisotopic (exact) mass is 483 g/mol. The first-order valence-corrected chi connectivity index (χ1v) is 11.0. The second-order valence-corrected chi connectivity index (χ2v) is 8.75. The average Bonchev–Trinajstić information content (AvgIpc) is 2.74. The molecule has 32 heavy (non-hydrogen) atoms. The van der Waals surface area contributed by atoms with Gasteiger partial charge in [-0.2, -0.15) is 13.2 Å². The topological polar surface area (TPSA) is 87.3 Å². The van der Waals surface area contributed by atoms with Crippen molar-refractivity contribution in [2.75, 3.05) is 17.2 Å². The van der Waals surface area contributed by atoms with Crippen LogP contribution in [-0.2, 0) is 10.0 Å². The normalized spacial score (nSPS) is 11.8. The molecule has 168 valence electrons. The highest BCUT2D eigenvalue weighted by atomic mass is 35.5. The van der Waals surface area contributed by atoms with Crippen LogP contribution in [0.5, 0.6) is 0 Å². The number of carbonyl (C=O) groups excluding carboxylic acids is 1. The van der Waals surface area contributed by atoms with Gasteiger partial charge < -0.3 is 10.6 Å². The highest BCUT2D eigenvalue weighted by Gasteiger charge is 2.30. The maximum Gasteiger partial charge on any atom is 0.402 e. The quantitative estimate of drug-likeness (QED) is 0.433. The minimum Gasteiger partial charge on any atom is -0.307 e. The number of urea groups is 1. The Kier molecular flexibility index (Phi) is 7.07. The van der Waals surface area contributed by atoms with Gasteiger partial charge in [0.05, 0.1) is 21.3 Å². The molecule has 0 aliphatic rings. The highest BCUT2D eigenvalue weighted by Crippen LogP contribution is 2.31. The van der Waals surface area contributed by atoms with Gasteiger partial charge in [-0.05, 0) is 29.8 Å². The van der Waals surface area contributed by atoms with Gasteiger partial charge in [0.1, 0.15) is 6.54 Å². The number of amides is 2. The number of rotatable bonds is 6. The summed E-state index contributed by atoms with van der Waals surface area (Å²) >= 11 is 6.03. The van der Waals surface area contributed by atoms with E-state index in [1.165, 1.54) is 10.8 Å². The second-order valence-electron chi connectivity index (χ2n) is 6.57. The molecule has 0 atom stereocenters. The molecule has 11 heteroatoms. The molecule has 0 saturated carbocycles. The van der Waals surface area contributed by atoms with E-state index in [1.807, 2.05) is 0 Å². The molecule has 0 aliphatic carbocycles. The molecule has 3 N–H and O–H groups in total. The van der Waals surface area contributed by atoms with Crippen LogP contribution in [0.25, 0.3) is 11.1 Å². The summed E-state index contributed by atoms with van der Waals surface area (Å²) in [6, 6.07) is 18.2. The number of benzene rings is 3. The summed E-state index contributed by atoms with van der Waals surface area (Å²) in [6.45, 7) is -1.72. The number of sulfonamides is 1. The molecule has 0 aliphatic heterocycles. The van der Waals surface area contributed by atoms with Crippen LogP contribution in [-0.4, -0.2) is 27.2 Å². The summed E-state index contributed by atoms with van der Waals surface area (Å²) in [5.74, 6) is 0. The van der Waals surface area contributed by atoms with Gasteiger partial charge in [-0.25, -0.2) is 17.9 Å². The lowest BCUT2D eigenvalue weighted by molar-refractivity contribution is -0.121. The van der Waals surface area contributed by atoms with Crippen LogP contribution in [0.15, 0.2) is 77.7 Å². The first-order valence-electron chi connectivity index (χ1n) is 9.13. The largest absolute Gasteiger partial charge is 0.402 e. The summed E-state index contributed by atoms with van der Waals surface area (Å²) in [5, 5.41) is 5.38. The fourth-order valence-electron chi connectivity index (χ4n) is 2.76.